The molecule has 0 saturated carbocycles. The van der Waals surface area contributed by atoms with E-state index < -0.39 is 29.6 Å². The van der Waals surface area contributed by atoms with Crippen LogP contribution in [0.4, 0.5) is 14.5 Å². The second-order valence-electron chi connectivity index (χ2n) is 6.08. The van der Waals surface area contributed by atoms with Crippen molar-refractivity contribution in [2.45, 2.75) is 20.0 Å². The number of hydrogen-bond donors (Lipinski definition) is 1. The Morgan fingerprint density at radius 3 is 2.62 bits per heavy atom. The summed E-state index contributed by atoms with van der Waals surface area (Å²) in [6.07, 6.45) is 1.93. The molecule has 1 N–H and O–H groups in total. The smallest absolute Gasteiger partial charge is 0.343 e. The number of hydrogen-bond acceptors (Lipinski definition) is 5. The molecule has 0 aliphatic carbocycles. The summed E-state index contributed by atoms with van der Waals surface area (Å²) >= 11 is 0. The number of nitrogens with zero attached hydrogens (tertiary/aromatic N) is 2. The molecule has 148 valence electrons. The van der Waals surface area contributed by atoms with Crippen LogP contribution in [0.15, 0.2) is 47.1 Å². The molecule has 0 radical (unpaired) electrons. The molecular formula is C20H15F2N3O4. The number of benzene rings is 1. The van der Waals surface area contributed by atoms with Crippen LogP contribution in [-0.4, -0.2) is 22.5 Å². The zero-order valence-corrected chi connectivity index (χ0v) is 15.4. The maximum atomic E-state index is 13.7. The third-order valence-corrected chi connectivity index (χ3v) is 4.06. The van der Waals surface area contributed by atoms with E-state index in [0.717, 1.165) is 18.2 Å². The van der Waals surface area contributed by atoms with Crippen molar-refractivity contribution in [1.29, 1.82) is 5.26 Å². The van der Waals surface area contributed by atoms with Gasteiger partial charge in [-0.15, -0.1) is 0 Å². The number of nitriles is 1. The van der Waals surface area contributed by atoms with E-state index >= 15 is 0 Å². The Hall–Kier alpha value is -3.93. The molecular weight excluding hydrogens is 384 g/mol. The first-order valence-electron chi connectivity index (χ1n) is 8.45. The summed E-state index contributed by atoms with van der Waals surface area (Å²) in [5, 5.41) is 11.6. The quantitative estimate of drug-likeness (QED) is 0.660. The van der Waals surface area contributed by atoms with Gasteiger partial charge in [-0.2, -0.15) is 5.26 Å². The van der Waals surface area contributed by atoms with Crippen LogP contribution in [0.5, 0.6) is 0 Å². The zero-order valence-electron chi connectivity index (χ0n) is 15.4. The van der Waals surface area contributed by atoms with Gasteiger partial charge in [0.15, 0.2) is 6.10 Å². The van der Waals surface area contributed by atoms with Crippen LogP contribution in [0.2, 0.25) is 0 Å². The van der Waals surface area contributed by atoms with Gasteiger partial charge in [-0.05, 0) is 38.1 Å². The number of furan rings is 1. The number of aryl methyl sites for hydroxylation is 1. The van der Waals surface area contributed by atoms with Crippen molar-refractivity contribution in [3.63, 3.8) is 0 Å². The fraction of sp³-hybridized carbons (Fsp3) is 0.150. The molecule has 1 amide bonds. The number of anilines is 1. The number of nitrogens with one attached hydrogen (secondary N) is 1. The van der Waals surface area contributed by atoms with E-state index in [9.17, 15) is 23.6 Å². The zero-order chi connectivity index (χ0) is 21.1. The van der Waals surface area contributed by atoms with Crippen LogP contribution >= 0.6 is 0 Å². The molecule has 0 aliphatic heterocycles. The van der Waals surface area contributed by atoms with E-state index in [4.69, 9.17) is 9.15 Å². The van der Waals surface area contributed by atoms with E-state index in [1.165, 1.54) is 18.4 Å². The summed E-state index contributed by atoms with van der Waals surface area (Å²) in [5.41, 5.74) is -0.551. The molecule has 0 aliphatic rings. The van der Waals surface area contributed by atoms with Gasteiger partial charge < -0.3 is 14.5 Å². The van der Waals surface area contributed by atoms with E-state index in [1.54, 1.807) is 24.5 Å². The maximum absolute atomic E-state index is 13.7. The fourth-order valence-electron chi connectivity index (χ4n) is 2.63. The number of ether oxygens (including phenoxy) is 1. The number of carbonyl (C=O) groups excluding carboxylic acids is 2. The standard InChI is InChI=1S/C20H15F2N3O4/c1-11-17(14(10-23)19(28-11)25-7-3-4-8-25)20(27)29-12(2)18(26)24-16-9-13(21)5-6-15(16)22/h3-9,12H,1-2H3,(H,24,26)/t12-/m0/s1. The summed E-state index contributed by atoms with van der Waals surface area (Å²) in [7, 11) is 0. The summed E-state index contributed by atoms with van der Waals surface area (Å²) < 4.78 is 39.0. The lowest BCUT2D eigenvalue weighted by Gasteiger charge is -2.14. The van der Waals surface area contributed by atoms with Gasteiger partial charge in [0.2, 0.25) is 5.88 Å². The number of amides is 1. The molecule has 0 bridgehead atoms. The summed E-state index contributed by atoms with van der Waals surface area (Å²) in [5.74, 6) is -3.12. The Kier molecular flexibility index (Phi) is 5.45. The number of carbonyl (C=O) groups is 2. The fourth-order valence-corrected chi connectivity index (χ4v) is 2.63. The lowest BCUT2D eigenvalue weighted by atomic mass is 10.1. The molecule has 3 rings (SSSR count). The van der Waals surface area contributed by atoms with Crippen molar-refractivity contribution >= 4 is 17.6 Å². The molecule has 2 aromatic heterocycles. The van der Waals surface area contributed by atoms with E-state index in [2.05, 4.69) is 5.32 Å². The molecule has 9 heteroatoms. The Morgan fingerprint density at radius 1 is 1.28 bits per heavy atom. The number of esters is 1. The maximum Gasteiger partial charge on any atom is 0.343 e. The minimum Gasteiger partial charge on any atom is -0.449 e. The molecule has 3 aromatic rings. The third kappa shape index (κ3) is 4.01. The molecule has 0 unspecified atom stereocenters. The highest BCUT2D eigenvalue weighted by Gasteiger charge is 2.28. The minimum atomic E-state index is -1.35. The molecule has 0 saturated heterocycles. The van der Waals surface area contributed by atoms with Crippen LogP contribution in [0.25, 0.3) is 5.88 Å². The summed E-state index contributed by atoms with van der Waals surface area (Å²) in [6, 6.07) is 7.91. The third-order valence-electron chi connectivity index (χ3n) is 4.06. The molecule has 0 fully saturated rings. The minimum absolute atomic E-state index is 0.0486. The number of halogens is 2. The SMILES string of the molecule is Cc1oc(-n2cccc2)c(C#N)c1C(=O)O[C@@H](C)C(=O)Nc1cc(F)ccc1F. The van der Waals surface area contributed by atoms with Crippen molar-refractivity contribution in [2.24, 2.45) is 0 Å². The highest BCUT2D eigenvalue weighted by Crippen LogP contribution is 2.26. The summed E-state index contributed by atoms with van der Waals surface area (Å²) in [6.45, 7) is 2.75. The normalized spacial score (nSPS) is 11.6. The van der Waals surface area contributed by atoms with Crippen molar-refractivity contribution in [3.8, 4) is 12.0 Å². The van der Waals surface area contributed by atoms with Gasteiger partial charge in [-0.3, -0.25) is 9.36 Å². The largest absolute Gasteiger partial charge is 0.449 e. The Balaban J connectivity index is 1.79. The van der Waals surface area contributed by atoms with Crippen LogP contribution in [0.3, 0.4) is 0 Å². The van der Waals surface area contributed by atoms with E-state index in [-0.39, 0.29) is 28.5 Å². The molecule has 1 atom stereocenters. The average Bonchev–Trinajstić information content (AvgIpc) is 3.31. The topological polar surface area (TPSA) is 97.3 Å². The second-order valence-corrected chi connectivity index (χ2v) is 6.08. The van der Waals surface area contributed by atoms with E-state index in [0.29, 0.717) is 0 Å². The van der Waals surface area contributed by atoms with Gasteiger partial charge in [0.1, 0.15) is 34.6 Å². The van der Waals surface area contributed by atoms with Crippen molar-refractivity contribution < 1.29 is 27.5 Å². The molecule has 2 heterocycles. The Morgan fingerprint density at radius 2 is 1.97 bits per heavy atom. The van der Waals surface area contributed by atoms with E-state index in [1.807, 2.05) is 6.07 Å². The molecule has 7 nitrogen and oxygen atoms in total. The van der Waals surface area contributed by atoms with Gasteiger partial charge in [-0.1, -0.05) is 0 Å². The van der Waals surface area contributed by atoms with Crippen molar-refractivity contribution in [1.82, 2.24) is 4.57 Å². The van der Waals surface area contributed by atoms with Crippen LogP contribution < -0.4 is 5.32 Å². The Bertz CT molecular complexity index is 1110. The number of rotatable bonds is 5. The van der Waals surface area contributed by atoms with Gasteiger partial charge in [0, 0.05) is 18.5 Å². The van der Waals surface area contributed by atoms with Crippen molar-refractivity contribution in [3.05, 3.63) is 71.2 Å². The molecule has 0 spiro atoms. The van der Waals surface area contributed by atoms with Gasteiger partial charge in [0.25, 0.3) is 5.91 Å². The molecule has 1 aromatic carbocycles. The van der Waals surface area contributed by atoms with Gasteiger partial charge in [0.05, 0.1) is 5.69 Å². The average molecular weight is 399 g/mol. The first-order valence-corrected chi connectivity index (χ1v) is 8.45. The van der Waals surface area contributed by atoms with Crippen LogP contribution in [-0.2, 0) is 9.53 Å². The highest BCUT2D eigenvalue weighted by molar-refractivity contribution is 5.99. The monoisotopic (exact) mass is 399 g/mol. The van der Waals surface area contributed by atoms with Gasteiger partial charge >= 0.3 is 5.97 Å². The predicted octanol–water partition coefficient (Wildman–Crippen LogP) is 3.71. The molecule has 29 heavy (non-hydrogen) atoms. The lowest BCUT2D eigenvalue weighted by Crippen LogP contribution is -2.30. The Labute approximate surface area is 164 Å². The van der Waals surface area contributed by atoms with Crippen LogP contribution in [0.1, 0.15) is 28.6 Å². The number of aromatic nitrogens is 1. The van der Waals surface area contributed by atoms with Gasteiger partial charge in [-0.25, -0.2) is 13.6 Å². The van der Waals surface area contributed by atoms with Crippen LogP contribution in [0, 0.1) is 29.9 Å². The lowest BCUT2D eigenvalue weighted by molar-refractivity contribution is -0.123. The first kappa shape index (κ1) is 19.8. The second kappa shape index (κ2) is 7.98. The highest BCUT2D eigenvalue weighted by atomic mass is 19.1. The van der Waals surface area contributed by atoms with Crippen molar-refractivity contribution in [2.75, 3.05) is 5.32 Å². The predicted molar refractivity (Wildman–Crippen MR) is 97.4 cm³/mol. The summed E-state index contributed by atoms with van der Waals surface area (Å²) in [4.78, 5) is 24.8. The first-order chi connectivity index (χ1) is 13.8.